The van der Waals surface area contributed by atoms with Gasteiger partial charge in [-0.3, -0.25) is 14.6 Å². The molecule has 1 aromatic carbocycles. The third kappa shape index (κ3) is 4.74. The van der Waals surface area contributed by atoms with Crippen LogP contribution in [0.3, 0.4) is 0 Å². The fourth-order valence-electron chi connectivity index (χ4n) is 3.39. The molecule has 0 saturated heterocycles. The van der Waals surface area contributed by atoms with E-state index < -0.39 is 0 Å². The minimum Gasteiger partial charge on any atom is -0.469 e. The first-order chi connectivity index (χ1) is 14.4. The van der Waals surface area contributed by atoms with Gasteiger partial charge in [-0.15, -0.1) is 0 Å². The summed E-state index contributed by atoms with van der Waals surface area (Å²) in [5.41, 5.74) is 5.32. The van der Waals surface area contributed by atoms with E-state index in [1.165, 1.54) is 7.11 Å². The van der Waals surface area contributed by atoms with E-state index in [1.54, 1.807) is 24.5 Å². The molecule has 156 valence electrons. The van der Waals surface area contributed by atoms with Crippen LogP contribution in [0.1, 0.15) is 52.3 Å². The molecule has 1 N–H and O–H groups in total. The number of esters is 1. The maximum Gasteiger partial charge on any atom is 0.305 e. The number of aryl methyl sites for hydroxylation is 1. The molecule has 3 rings (SSSR count). The van der Waals surface area contributed by atoms with E-state index in [-0.39, 0.29) is 17.9 Å². The summed E-state index contributed by atoms with van der Waals surface area (Å²) in [5.74, 6) is -0.379. The smallest absolute Gasteiger partial charge is 0.305 e. The predicted octanol–water partition coefficient (Wildman–Crippen LogP) is 3.48. The van der Waals surface area contributed by atoms with Crippen LogP contribution >= 0.6 is 0 Å². The molecule has 0 fully saturated rings. The Balaban J connectivity index is 1.72. The number of rotatable bonds is 7. The van der Waals surface area contributed by atoms with Crippen LogP contribution in [0.15, 0.2) is 48.8 Å². The Morgan fingerprint density at radius 3 is 2.40 bits per heavy atom. The van der Waals surface area contributed by atoms with Gasteiger partial charge in [0.05, 0.1) is 24.5 Å². The van der Waals surface area contributed by atoms with Gasteiger partial charge in [-0.25, -0.2) is 4.68 Å². The Labute approximate surface area is 176 Å². The summed E-state index contributed by atoms with van der Waals surface area (Å²) in [5, 5.41) is 7.60. The van der Waals surface area contributed by atoms with Crippen molar-refractivity contribution >= 4 is 11.9 Å². The van der Waals surface area contributed by atoms with Crippen LogP contribution in [-0.2, 0) is 16.0 Å². The lowest BCUT2D eigenvalue weighted by Gasteiger charge is -2.14. The van der Waals surface area contributed by atoms with Crippen LogP contribution in [0, 0.1) is 13.8 Å². The number of benzene rings is 1. The summed E-state index contributed by atoms with van der Waals surface area (Å²) in [6, 6.07) is 11.0. The summed E-state index contributed by atoms with van der Waals surface area (Å²) in [7, 11) is 1.39. The molecule has 1 amide bonds. The van der Waals surface area contributed by atoms with E-state index in [0.29, 0.717) is 18.4 Å². The van der Waals surface area contributed by atoms with Crippen molar-refractivity contribution < 1.29 is 14.3 Å². The zero-order valence-electron chi connectivity index (χ0n) is 17.7. The lowest BCUT2D eigenvalue weighted by Crippen LogP contribution is -2.26. The number of aromatic nitrogens is 3. The molecule has 0 aliphatic heterocycles. The fourth-order valence-corrected chi connectivity index (χ4v) is 3.39. The fraction of sp³-hybridized carbons (Fsp3) is 0.304. The normalized spacial score (nSPS) is 11.7. The number of carbonyl (C=O) groups is 2. The van der Waals surface area contributed by atoms with Crippen molar-refractivity contribution in [2.45, 2.75) is 39.7 Å². The van der Waals surface area contributed by atoms with Gasteiger partial charge in [0, 0.05) is 30.1 Å². The predicted molar refractivity (Wildman–Crippen MR) is 113 cm³/mol. The zero-order chi connectivity index (χ0) is 21.7. The molecule has 3 aromatic rings. The SMILES string of the molecule is COC(=O)CCc1c(C)nn(-c2ccc(C(=O)NC(C)c3ccncc3)cc2)c1C. The molecule has 0 bridgehead atoms. The van der Waals surface area contributed by atoms with Gasteiger partial charge in [0.25, 0.3) is 5.91 Å². The van der Waals surface area contributed by atoms with E-state index in [4.69, 9.17) is 4.74 Å². The lowest BCUT2D eigenvalue weighted by atomic mass is 10.1. The number of pyridine rings is 1. The van der Waals surface area contributed by atoms with E-state index >= 15 is 0 Å². The minimum absolute atomic E-state index is 0.117. The first-order valence-electron chi connectivity index (χ1n) is 9.84. The third-order valence-corrected chi connectivity index (χ3v) is 5.18. The average molecular weight is 406 g/mol. The number of carbonyl (C=O) groups excluding carboxylic acids is 2. The van der Waals surface area contributed by atoms with Crippen LogP contribution in [0.2, 0.25) is 0 Å². The highest BCUT2D eigenvalue weighted by atomic mass is 16.5. The number of ether oxygens (including phenoxy) is 1. The van der Waals surface area contributed by atoms with E-state index in [2.05, 4.69) is 15.4 Å². The van der Waals surface area contributed by atoms with Crippen LogP contribution in [0.5, 0.6) is 0 Å². The number of hydrogen-bond donors (Lipinski definition) is 1. The van der Waals surface area contributed by atoms with Gasteiger partial charge >= 0.3 is 5.97 Å². The van der Waals surface area contributed by atoms with Crippen LogP contribution in [0.25, 0.3) is 5.69 Å². The topological polar surface area (TPSA) is 86.1 Å². The highest BCUT2D eigenvalue weighted by Gasteiger charge is 2.16. The Hall–Kier alpha value is -3.48. The highest BCUT2D eigenvalue weighted by Crippen LogP contribution is 2.20. The number of nitrogens with one attached hydrogen (secondary N) is 1. The van der Waals surface area contributed by atoms with Crippen molar-refractivity contribution in [1.29, 1.82) is 0 Å². The van der Waals surface area contributed by atoms with Crippen molar-refractivity contribution in [2.24, 2.45) is 0 Å². The number of amides is 1. The first-order valence-corrected chi connectivity index (χ1v) is 9.84. The van der Waals surface area contributed by atoms with Crippen LogP contribution < -0.4 is 5.32 Å². The molecule has 7 heteroatoms. The molecule has 0 spiro atoms. The standard InChI is InChI=1S/C23H26N4O3/c1-15(18-11-13-24-14-12-18)25-23(29)19-5-7-20(8-6-19)27-17(3)21(16(2)26-27)9-10-22(28)30-4/h5-8,11-15H,9-10H2,1-4H3,(H,25,29). The number of nitrogens with zero attached hydrogens (tertiary/aromatic N) is 3. The monoisotopic (exact) mass is 406 g/mol. The quantitative estimate of drug-likeness (QED) is 0.607. The second-order valence-corrected chi connectivity index (χ2v) is 7.16. The summed E-state index contributed by atoms with van der Waals surface area (Å²) in [4.78, 5) is 28.0. The van der Waals surface area contributed by atoms with Crippen molar-refractivity contribution in [2.75, 3.05) is 7.11 Å². The number of methoxy groups -OCH3 is 1. The van der Waals surface area contributed by atoms with Gasteiger partial charge in [-0.05, 0) is 74.7 Å². The first kappa shape index (κ1) is 21.2. The van der Waals surface area contributed by atoms with Gasteiger partial charge in [0.15, 0.2) is 0 Å². The van der Waals surface area contributed by atoms with E-state index in [1.807, 2.05) is 49.7 Å². The van der Waals surface area contributed by atoms with E-state index in [0.717, 1.165) is 28.2 Å². The van der Waals surface area contributed by atoms with Crippen LogP contribution in [0.4, 0.5) is 0 Å². The molecule has 2 heterocycles. The summed E-state index contributed by atoms with van der Waals surface area (Å²) >= 11 is 0. The zero-order valence-corrected chi connectivity index (χ0v) is 17.7. The molecule has 1 unspecified atom stereocenters. The van der Waals surface area contributed by atoms with Gasteiger partial charge in [0.1, 0.15) is 0 Å². The Morgan fingerprint density at radius 2 is 1.77 bits per heavy atom. The molecule has 0 aliphatic carbocycles. The summed E-state index contributed by atoms with van der Waals surface area (Å²) in [6.07, 6.45) is 4.32. The Kier molecular flexibility index (Phi) is 6.61. The van der Waals surface area contributed by atoms with Gasteiger partial charge in [-0.2, -0.15) is 5.10 Å². The maximum atomic E-state index is 12.6. The largest absolute Gasteiger partial charge is 0.469 e. The maximum absolute atomic E-state index is 12.6. The van der Waals surface area contributed by atoms with Crippen molar-refractivity contribution in [3.63, 3.8) is 0 Å². The second kappa shape index (κ2) is 9.35. The number of hydrogen-bond acceptors (Lipinski definition) is 5. The molecule has 2 aromatic heterocycles. The van der Waals surface area contributed by atoms with Crippen LogP contribution in [-0.4, -0.2) is 33.8 Å². The minimum atomic E-state index is -0.238. The average Bonchev–Trinajstić information content (AvgIpc) is 3.06. The van der Waals surface area contributed by atoms with Gasteiger partial charge in [0.2, 0.25) is 0 Å². The summed E-state index contributed by atoms with van der Waals surface area (Å²) in [6.45, 7) is 5.84. The molecule has 0 aliphatic rings. The molecule has 1 atom stereocenters. The molecule has 0 saturated carbocycles. The molecular formula is C23H26N4O3. The van der Waals surface area contributed by atoms with Crippen molar-refractivity contribution in [1.82, 2.24) is 20.1 Å². The second-order valence-electron chi connectivity index (χ2n) is 7.16. The molecule has 7 nitrogen and oxygen atoms in total. The van der Waals surface area contributed by atoms with E-state index in [9.17, 15) is 9.59 Å². The molecule has 0 radical (unpaired) electrons. The van der Waals surface area contributed by atoms with Gasteiger partial charge in [-0.1, -0.05) is 0 Å². The molecule has 30 heavy (non-hydrogen) atoms. The molecular weight excluding hydrogens is 380 g/mol. The Bertz CT molecular complexity index is 1030. The Morgan fingerprint density at radius 1 is 1.10 bits per heavy atom. The van der Waals surface area contributed by atoms with Crippen molar-refractivity contribution in [3.8, 4) is 5.69 Å². The summed E-state index contributed by atoms with van der Waals surface area (Å²) < 4.78 is 6.56. The lowest BCUT2D eigenvalue weighted by molar-refractivity contribution is -0.140. The van der Waals surface area contributed by atoms with Crippen molar-refractivity contribution in [3.05, 3.63) is 76.9 Å². The third-order valence-electron chi connectivity index (χ3n) is 5.18. The highest BCUT2D eigenvalue weighted by molar-refractivity contribution is 5.94. The van der Waals surface area contributed by atoms with Gasteiger partial charge < -0.3 is 10.1 Å².